The minimum absolute atomic E-state index is 0.511. The van der Waals surface area contributed by atoms with Crippen LogP contribution in [0.3, 0.4) is 0 Å². The second-order valence-corrected chi connectivity index (χ2v) is 4.97. The van der Waals surface area contributed by atoms with E-state index in [1.807, 2.05) is 18.2 Å². The van der Waals surface area contributed by atoms with Gasteiger partial charge in [0.25, 0.3) is 0 Å². The van der Waals surface area contributed by atoms with Gasteiger partial charge in [-0.15, -0.1) is 0 Å². The molecule has 0 amide bonds. The molecule has 0 atom stereocenters. The summed E-state index contributed by atoms with van der Waals surface area (Å²) in [7, 11) is 0. The van der Waals surface area contributed by atoms with E-state index in [1.54, 1.807) is 0 Å². The van der Waals surface area contributed by atoms with Gasteiger partial charge >= 0.3 is 0 Å². The molecule has 1 aromatic carbocycles. The van der Waals surface area contributed by atoms with E-state index < -0.39 is 0 Å². The van der Waals surface area contributed by atoms with Crippen molar-refractivity contribution < 1.29 is 0 Å². The van der Waals surface area contributed by atoms with Crippen LogP contribution in [0.1, 0.15) is 37.2 Å². The SMILES string of the molecule is C=C1CCC(c2c(Cl)cccc2Cl)CC1. The van der Waals surface area contributed by atoms with Gasteiger partial charge in [-0.2, -0.15) is 0 Å². The number of allylic oxidation sites excluding steroid dienone is 1. The van der Waals surface area contributed by atoms with Gasteiger partial charge in [-0.3, -0.25) is 0 Å². The standard InChI is InChI=1S/C13H14Cl2/c1-9-5-7-10(8-6-9)13-11(14)3-2-4-12(13)15/h2-4,10H,1,5-8H2. The summed E-state index contributed by atoms with van der Waals surface area (Å²) in [4.78, 5) is 0. The van der Waals surface area contributed by atoms with Crippen molar-refractivity contribution in [3.63, 3.8) is 0 Å². The zero-order chi connectivity index (χ0) is 10.8. The molecule has 0 radical (unpaired) electrons. The summed E-state index contributed by atoms with van der Waals surface area (Å²) < 4.78 is 0. The fourth-order valence-electron chi connectivity index (χ4n) is 2.22. The average Bonchev–Trinajstić information content (AvgIpc) is 2.20. The number of halogens is 2. The van der Waals surface area contributed by atoms with Gasteiger partial charge in [-0.05, 0) is 49.3 Å². The van der Waals surface area contributed by atoms with E-state index in [1.165, 1.54) is 5.57 Å². The molecule has 80 valence electrons. The Morgan fingerprint density at radius 3 is 2.13 bits per heavy atom. The second kappa shape index (κ2) is 4.59. The Morgan fingerprint density at radius 1 is 1.07 bits per heavy atom. The summed E-state index contributed by atoms with van der Waals surface area (Å²) >= 11 is 12.4. The van der Waals surface area contributed by atoms with Crippen molar-refractivity contribution in [1.82, 2.24) is 0 Å². The molecule has 2 heteroatoms. The highest BCUT2D eigenvalue weighted by atomic mass is 35.5. The molecular formula is C13H14Cl2. The average molecular weight is 241 g/mol. The first-order chi connectivity index (χ1) is 7.18. The minimum atomic E-state index is 0.511. The molecule has 0 bridgehead atoms. The molecule has 0 aliphatic heterocycles. The lowest BCUT2D eigenvalue weighted by molar-refractivity contribution is 0.518. The summed E-state index contributed by atoms with van der Waals surface area (Å²) in [5.74, 6) is 0.511. The zero-order valence-corrected chi connectivity index (χ0v) is 10.1. The first-order valence-corrected chi connectivity index (χ1v) is 6.04. The zero-order valence-electron chi connectivity index (χ0n) is 8.60. The van der Waals surface area contributed by atoms with Crippen LogP contribution in [0, 0.1) is 0 Å². The van der Waals surface area contributed by atoms with Crippen molar-refractivity contribution in [2.75, 3.05) is 0 Å². The van der Waals surface area contributed by atoms with Crippen molar-refractivity contribution in [2.24, 2.45) is 0 Å². The van der Waals surface area contributed by atoms with Gasteiger partial charge in [-0.25, -0.2) is 0 Å². The van der Waals surface area contributed by atoms with E-state index in [0.717, 1.165) is 41.3 Å². The molecule has 1 saturated carbocycles. The predicted octanol–water partition coefficient (Wildman–Crippen LogP) is 5.21. The highest BCUT2D eigenvalue weighted by Crippen LogP contribution is 2.40. The third kappa shape index (κ3) is 2.38. The molecule has 0 N–H and O–H groups in total. The largest absolute Gasteiger partial charge is 0.0999 e. The Hall–Kier alpha value is -0.460. The maximum Gasteiger partial charge on any atom is 0.0455 e. The van der Waals surface area contributed by atoms with Crippen molar-refractivity contribution in [3.05, 3.63) is 46.0 Å². The van der Waals surface area contributed by atoms with E-state index in [2.05, 4.69) is 6.58 Å². The van der Waals surface area contributed by atoms with E-state index in [0.29, 0.717) is 5.92 Å². The Morgan fingerprint density at radius 2 is 1.60 bits per heavy atom. The molecule has 15 heavy (non-hydrogen) atoms. The van der Waals surface area contributed by atoms with Crippen LogP contribution in [-0.2, 0) is 0 Å². The van der Waals surface area contributed by atoms with E-state index in [4.69, 9.17) is 23.2 Å². The molecule has 0 saturated heterocycles. The fraction of sp³-hybridized carbons (Fsp3) is 0.385. The summed E-state index contributed by atoms with van der Waals surface area (Å²) in [5.41, 5.74) is 2.49. The van der Waals surface area contributed by atoms with Crippen LogP contribution in [0.4, 0.5) is 0 Å². The summed E-state index contributed by atoms with van der Waals surface area (Å²) in [6.45, 7) is 4.02. The Kier molecular flexibility index (Phi) is 3.38. The smallest absolute Gasteiger partial charge is 0.0455 e. The number of hydrogen-bond acceptors (Lipinski definition) is 0. The molecule has 0 heterocycles. The molecule has 1 aliphatic carbocycles. The van der Waals surface area contributed by atoms with Gasteiger partial charge in [0.2, 0.25) is 0 Å². The molecule has 0 spiro atoms. The lowest BCUT2D eigenvalue weighted by Crippen LogP contribution is -2.07. The van der Waals surface area contributed by atoms with Gasteiger partial charge in [0.05, 0.1) is 0 Å². The predicted molar refractivity (Wildman–Crippen MR) is 66.8 cm³/mol. The first-order valence-electron chi connectivity index (χ1n) is 5.29. The highest BCUT2D eigenvalue weighted by Gasteiger charge is 2.21. The monoisotopic (exact) mass is 240 g/mol. The van der Waals surface area contributed by atoms with Gasteiger partial charge in [0, 0.05) is 10.0 Å². The minimum Gasteiger partial charge on any atom is -0.0999 e. The lowest BCUT2D eigenvalue weighted by atomic mass is 9.82. The third-order valence-corrected chi connectivity index (χ3v) is 3.76. The first kappa shape index (κ1) is 11.0. The van der Waals surface area contributed by atoms with Crippen molar-refractivity contribution in [1.29, 1.82) is 0 Å². The van der Waals surface area contributed by atoms with Crippen LogP contribution in [0.2, 0.25) is 10.0 Å². The van der Waals surface area contributed by atoms with Gasteiger partial charge < -0.3 is 0 Å². The number of hydrogen-bond donors (Lipinski definition) is 0. The Balaban J connectivity index is 2.26. The molecule has 1 aromatic rings. The van der Waals surface area contributed by atoms with Crippen LogP contribution in [0.25, 0.3) is 0 Å². The molecular weight excluding hydrogens is 227 g/mol. The van der Waals surface area contributed by atoms with Crippen LogP contribution < -0.4 is 0 Å². The molecule has 1 aliphatic rings. The Bertz CT molecular complexity index is 352. The molecule has 0 nitrogen and oxygen atoms in total. The normalized spacial score (nSPS) is 18.1. The third-order valence-electron chi connectivity index (χ3n) is 3.10. The molecule has 0 aromatic heterocycles. The van der Waals surface area contributed by atoms with E-state index in [9.17, 15) is 0 Å². The summed E-state index contributed by atoms with van der Waals surface area (Å²) in [6.07, 6.45) is 4.46. The van der Waals surface area contributed by atoms with Crippen LogP contribution in [0.15, 0.2) is 30.4 Å². The lowest BCUT2D eigenvalue weighted by Gasteiger charge is -2.25. The maximum absolute atomic E-state index is 6.19. The summed E-state index contributed by atoms with van der Waals surface area (Å²) in [6, 6.07) is 5.74. The van der Waals surface area contributed by atoms with Crippen molar-refractivity contribution in [2.45, 2.75) is 31.6 Å². The number of rotatable bonds is 1. The molecule has 0 unspecified atom stereocenters. The second-order valence-electron chi connectivity index (χ2n) is 4.16. The highest BCUT2D eigenvalue weighted by molar-refractivity contribution is 6.36. The number of benzene rings is 1. The van der Waals surface area contributed by atoms with Crippen molar-refractivity contribution >= 4 is 23.2 Å². The van der Waals surface area contributed by atoms with Crippen LogP contribution in [-0.4, -0.2) is 0 Å². The quantitative estimate of drug-likeness (QED) is 0.592. The van der Waals surface area contributed by atoms with E-state index >= 15 is 0 Å². The van der Waals surface area contributed by atoms with Gasteiger partial charge in [-0.1, -0.05) is 41.4 Å². The topological polar surface area (TPSA) is 0 Å². The van der Waals surface area contributed by atoms with Crippen molar-refractivity contribution in [3.8, 4) is 0 Å². The molecule has 2 rings (SSSR count). The molecule has 1 fully saturated rings. The van der Waals surface area contributed by atoms with Crippen LogP contribution in [0.5, 0.6) is 0 Å². The summed E-state index contributed by atoms with van der Waals surface area (Å²) in [5, 5.41) is 1.61. The fourth-order valence-corrected chi connectivity index (χ4v) is 2.92. The Labute approximate surface area is 101 Å². The van der Waals surface area contributed by atoms with Gasteiger partial charge in [0.15, 0.2) is 0 Å². The maximum atomic E-state index is 6.19. The van der Waals surface area contributed by atoms with E-state index in [-0.39, 0.29) is 0 Å². The van der Waals surface area contributed by atoms with Gasteiger partial charge in [0.1, 0.15) is 0 Å². The van der Waals surface area contributed by atoms with Crippen LogP contribution >= 0.6 is 23.2 Å².